The number of fused-ring (bicyclic) bond motifs is 1. The molecule has 0 spiro atoms. The molecule has 0 aliphatic carbocycles. The van der Waals surface area contributed by atoms with Gasteiger partial charge in [0, 0.05) is 17.6 Å². The van der Waals surface area contributed by atoms with Crippen LogP contribution >= 0.6 is 17.0 Å². The van der Waals surface area contributed by atoms with Crippen LogP contribution in [0.4, 0.5) is 0 Å². The molecule has 0 saturated carbocycles. The average molecular weight is 225 g/mol. The van der Waals surface area contributed by atoms with Gasteiger partial charge in [0.1, 0.15) is 0 Å². The Balaban J connectivity index is 0.000000720. The highest BCUT2D eigenvalue weighted by Gasteiger charge is 1.84. The van der Waals surface area contributed by atoms with Crippen molar-refractivity contribution >= 4 is 35.7 Å². The first kappa shape index (κ1) is 9.00. The molecule has 1 aromatic rings. The molecular formula is C9H9BrN2. The summed E-state index contributed by atoms with van der Waals surface area (Å²) < 4.78 is 0. The fraction of sp³-hybridized carbons (Fsp3) is 0. The molecule has 1 heterocycles. The molecule has 0 aromatic heterocycles. The van der Waals surface area contributed by atoms with Gasteiger partial charge in [-0.2, -0.15) is 0 Å². The van der Waals surface area contributed by atoms with Crippen molar-refractivity contribution in [2.45, 2.75) is 0 Å². The zero-order valence-electron chi connectivity index (χ0n) is 6.40. The molecule has 1 N–H and O–H groups in total. The van der Waals surface area contributed by atoms with Crippen molar-refractivity contribution < 1.29 is 0 Å². The Morgan fingerprint density at radius 3 is 2.67 bits per heavy atom. The van der Waals surface area contributed by atoms with Crippen molar-refractivity contribution in [2.75, 3.05) is 0 Å². The molecule has 0 radical (unpaired) electrons. The number of rotatable bonds is 0. The fourth-order valence-corrected chi connectivity index (χ4v) is 1.05. The van der Waals surface area contributed by atoms with Crippen molar-refractivity contribution in [1.82, 2.24) is 5.32 Å². The van der Waals surface area contributed by atoms with E-state index < -0.39 is 0 Å². The van der Waals surface area contributed by atoms with Crippen LogP contribution in [0.15, 0.2) is 29.3 Å². The summed E-state index contributed by atoms with van der Waals surface area (Å²) in [6.07, 6.45) is 5.44. The molecule has 0 saturated heterocycles. The van der Waals surface area contributed by atoms with E-state index in [4.69, 9.17) is 0 Å². The Labute approximate surface area is 81.1 Å². The summed E-state index contributed by atoms with van der Waals surface area (Å²) in [7, 11) is 0. The summed E-state index contributed by atoms with van der Waals surface area (Å²) >= 11 is 0. The molecule has 0 amide bonds. The number of benzene rings is 1. The van der Waals surface area contributed by atoms with E-state index in [1.165, 1.54) is 5.22 Å². The van der Waals surface area contributed by atoms with E-state index in [1.807, 2.05) is 36.7 Å². The van der Waals surface area contributed by atoms with Gasteiger partial charge in [0.15, 0.2) is 0 Å². The van der Waals surface area contributed by atoms with E-state index in [2.05, 4.69) is 10.3 Å². The summed E-state index contributed by atoms with van der Waals surface area (Å²) in [5.41, 5.74) is 0. The standard InChI is InChI=1S/C9H8N2.BrH/c1-2-4-9-6-11-7-10-5-8(9)3-1;/h1-7H,(H,10,11);1H. The lowest BCUT2D eigenvalue weighted by molar-refractivity contribution is 1.40. The predicted molar refractivity (Wildman–Crippen MR) is 56.6 cm³/mol. The molecule has 1 aromatic carbocycles. The number of hydrogen-bond donors (Lipinski definition) is 1. The van der Waals surface area contributed by atoms with E-state index in [-0.39, 0.29) is 17.0 Å². The van der Waals surface area contributed by atoms with Crippen LogP contribution in [0.3, 0.4) is 0 Å². The van der Waals surface area contributed by atoms with E-state index in [0.29, 0.717) is 0 Å². The minimum atomic E-state index is 0. The van der Waals surface area contributed by atoms with Crippen LogP contribution in [0.5, 0.6) is 0 Å². The third-order valence-electron chi connectivity index (χ3n) is 1.60. The smallest absolute Gasteiger partial charge is 0.0918 e. The molecule has 12 heavy (non-hydrogen) atoms. The van der Waals surface area contributed by atoms with Crippen molar-refractivity contribution in [3.63, 3.8) is 0 Å². The van der Waals surface area contributed by atoms with Gasteiger partial charge >= 0.3 is 0 Å². The molecule has 3 heteroatoms. The molecule has 1 aliphatic rings. The topological polar surface area (TPSA) is 24.4 Å². The van der Waals surface area contributed by atoms with Crippen LogP contribution in [-0.4, -0.2) is 6.34 Å². The van der Waals surface area contributed by atoms with Crippen LogP contribution in [0.25, 0.3) is 12.4 Å². The van der Waals surface area contributed by atoms with Crippen LogP contribution < -0.4 is 15.8 Å². The van der Waals surface area contributed by atoms with E-state index in [9.17, 15) is 0 Å². The maximum absolute atomic E-state index is 4.02. The monoisotopic (exact) mass is 224 g/mol. The zero-order valence-corrected chi connectivity index (χ0v) is 8.11. The van der Waals surface area contributed by atoms with Gasteiger partial charge in [-0.1, -0.05) is 24.3 Å². The summed E-state index contributed by atoms with van der Waals surface area (Å²) in [6, 6.07) is 8.10. The summed E-state index contributed by atoms with van der Waals surface area (Å²) in [5, 5.41) is 5.27. The fourth-order valence-electron chi connectivity index (χ4n) is 1.05. The largest absolute Gasteiger partial charge is 0.352 e. The van der Waals surface area contributed by atoms with Crippen molar-refractivity contribution in [3.05, 3.63) is 34.7 Å². The Morgan fingerprint density at radius 2 is 1.83 bits per heavy atom. The number of nitrogens with one attached hydrogen (secondary N) is 1. The lowest BCUT2D eigenvalue weighted by atomic mass is 10.2. The zero-order chi connectivity index (χ0) is 7.52. The lowest BCUT2D eigenvalue weighted by Crippen LogP contribution is -2.24. The van der Waals surface area contributed by atoms with Crippen LogP contribution in [0, 0.1) is 0 Å². The predicted octanol–water partition coefficient (Wildman–Crippen LogP) is 0.372. The third kappa shape index (κ3) is 1.74. The second-order valence-corrected chi connectivity index (χ2v) is 2.35. The molecular weight excluding hydrogens is 216 g/mol. The SMILES string of the molecule is Br.C1=NC=c2ccccc2=CN1. The minimum Gasteiger partial charge on any atom is -0.352 e. The molecule has 0 bridgehead atoms. The maximum atomic E-state index is 4.02. The first-order valence-corrected chi connectivity index (χ1v) is 3.50. The second-order valence-electron chi connectivity index (χ2n) is 2.35. The van der Waals surface area contributed by atoms with Crippen molar-refractivity contribution in [2.24, 2.45) is 4.99 Å². The van der Waals surface area contributed by atoms with Gasteiger partial charge < -0.3 is 5.32 Å². The Hall–Kier alpha value is -1.09. The first-order chi connectivity index (χ1) is 5.47. The van der Waals surface area contributed by atoms with Crippen LogP contribution in [-0.2, 0) is 0 Å². The highest BCUT2D eigenvalue weighted by molar-refractivity contribution is 8.93. The quantitative estimate of drug-likeness (QED) is 0.677. The van der Waals surface area contributed by atoms with Gasteiger partial charge in [-0.3, -0.25) is 0 Å². The molecule has 62 valence electrons. The summed E-state index contributed by atoms with van der Waals surface area (Å²) in [4.78, 5) is 4.02. The molecule has 0 fully saturated rings. The van der Waals surface area contributed by atoms with Crippen molar-refractivity contribution in [1.29, 1.82) is 0 Å². The summed E-state index contributed by atoms with van der Waals surface area (Å²) in [6.45, 7) is 0. The molecule has 0 atom stereocenters. The van der Waals surface area contributed by atoms with E-state index in [1.54, 1.807) is 6.34 Å². The van der Waals surface area contributed by atoms with E-state index >= 15 is 0 Å². The van der Waals surface area contributed by atoms with Gasteiger partial charge in [0.2, 0.25) is 0 Å². The van der Waals surface area contributed by atoms with Crippen LogP contribution in [0.2, 0.25) is 0 Å². The van der Waals surface area contributed by atoms with Gasteiger partial charge in [-0.05, 0) is 5.22 Å². The Bertz CT molecular complexity index is 395. The number of aliphatic imine (C=N–C) groups is 1. The lowest BCUT2D eigenvalue weighted by Gasteiger charge is -1.85. The Morgan fingerprint density at radius 1 is 1.08 bits per heavy atom. The molecule has 1 aliphatic heterocycles. The normalized spacial score (nSPS) is 12.3. The van der Waals surface area contributed by atoms with Gasteiger partial charge in [0.05, 0.1) is 6.34 Å². The Kier molecular flexibility index (Phi) is 3.05. The minimum absolute atomic E-state index is 0. The van der Waals surface area contributed by atoms with Gasteiger partial charge in [-0.25, -0.2) is 4.99 Å². The van der Waals surface area contributed by atoms with Crippen LogP contribution in [0.1, 0.15) is 0 Å². The van der Waals surface area contributed by atoms with E-state index in [0.717, 1.165) is 5.22 Å². The first-order valence-electron chi connectivity index (χ1n) is 3.50. The van der Waals surface area contributed by atoms with Gasteiger partial charge in [0.25, 0.3) is 0 Å². The summed E-state index contributed by atoms with van der Waals surface area (Å²) in [5.74, 6) is 0. The molecule has 0 unspecified atom stereocenters. The highest BCUT2D eigenvalue weighted by atomic mass is 79.9. The number of hydrogen-bond acceptors (Lipinski definition) is 2. The molecule has 2 nitrogen and oxygen atoms in total. The number of nitrogens with zero attached hydrogens (tertiary/aromatic N) is 1. The molecule has 2 rings (SSSR count). The average Bonchev–Trinajstić information content (AvgIpc) is 2.28. The van der Waals surface area contributed by atoms with Crippen molar-refractivity contribution in [3.8, 4) is 0 Å². The second kappa shape index (κ2) is 4.07. The third-order valence-corrected chi connectivity index (χ3v) is 1.60. The maximum Gasteiger partial charge on any atom is 0.0918 e. The van der Waals surface area contributed by atoms with Gasteiger partial charge in [-0.15, -0.1) is 17.0 Å². The number of halogens is 1. The highest BCUT2D eigenvalue weighted by Crippen LogP contribution is 1.74.